The minimum atomic E-state index is -0.402. The molecule has 0 saturated carbocycles. The number of fused-ring (bicyclic) bond motifs is 1. The zero-order chi connectivity index (χ0) is 17.2. The molecule has 0 bridgehead atoms. The number of hydrogen-bond donors (Lipinski definition) is 0. The predicted octanol–water partition coefficient (Wildman–Crippen LogP) is 2.47. The van der Waals surface area contributed by atoms with Crippen molar-refractivity contribution >= 4 is 28.8 Å². The fourth-order valence-electron chi connectivity index (χ4n) is 2.86. The SMILES string of the molecule is CCOC(=O)c1cnn2c(-c3cccs3)cc(N3CCOCC3)nc12. The van der Waals surface area contributed by atoms with Gasteiger partial charge in [-0.15, -0.1) is 11.3 Å². The number of hydrogen-bond acceptors (Lipinski definition) is 7. The van der Waals surface area contributed by atoms with Crippen molar-refractivity contribution in [1.82, 2.24) is 14.6 Å². The Bertz CT molecular complexity index is 885. The van der Waals surface area contributed by atoms with E-state index in [1.54, 1.807) is 22.8 Å². The van der Waals surface area contributed by atoms with Gasteiger partial charge in [-0.3, -0.25) is 0 Å². The lowest BCUT2D eigenvalue weighted by molar-refractivity contribution is 0.0528. The molecule has 7 nitrogen and oxygen atoms in total. The normalized spacial score (nSPS) is 14.8. The van der Waals surface area contributed by atoms with Crippen molar-refractivity contribution in [3.63, 3.8) is 0 Å². The molecule has 130 valence electrons. The highest BCUT2D eigenvalue weighted by Gasteiger charge is 2.21. The molecule has 25 heavy (non-hydrogen) atoms. The Kier molecular flexibility index (Phi) is 4.37. The van der Waals surface area contributed by atoms with Crippen LogP contribution in [0.3, 0.4) is 0 Å². The molecule has 0 unspecified atom stereocenters. The smallest absolute Gasteiger partial charge is 0.343 e. The number of carbonyl (C=O) groups excluding carboxylic acids is 1. The maximum Gasteiger partial charge on any atom is 0.343 e. The van der Waals surface area contributed by atoms with Crippen LogP contribution in [0.5, 0.6) is 0 Å². The molecule has 8 heteroatoms. The quantitative estimate of drug-likeness (QED) is 0.668. The summed E-state index contributed by atoms with van der Waals surface area (Å²) in [7, 11) is 0. The van der Waals surface area contributed by atoms with Gasteiger partial charge < -0.3 is 14.4 Å². The van der Waals surface area contributed by atoms with Gasteiger partial charge >= 0.3 is 5.97 Å². The Morgan fingerprint density at radius 1 is 1.40 bits per heavy atom. The highest BCUT2D eigenvalue weighted by Crippen LogP contribution is 2.29. The van der Waals surface area contributed by atoms with Crippen LogP contribution >= 0.6 is 11.3 Å². The number of thiophene rings is 1. The number of ether oxygens (including phenoxy) is 2. The first-order valence-corrected chi connectivity index (χ1v) is 9.08. The van der Waals surface area contributed by atoms with Crippen molar-refractivity contribution in [2.24, 2.45) is 0 Å². The minimum absolute atomic E-state index is 0.317. The highest BCUT2D eigenvalue weighted by atomic mass is 32.1. The van der Waals surface area contributed by atoms with Crippen molar-refractivity contribution < 1.29 is 14.3 Å². The molecule has 0 radical (unpaired) electrons. The highest BCUT2D eigenvalue weighted by molar-refractivity contribution is 7.13. The van der Waals surface area contributed by atoms with E-state index in [1.807, 2.05) is 23.6 Å². The zero-order valence-corrected chi connectivity index (χ0v) is 14.7. The second kappa shape index (κ2) is 6.81. The second-order valence-electron chi connectivity index (χ2n) is 5.59. The molecule has 1 aliphatic rings. The molecule has 0 aliphatic carbocycles. The lowest BCUT2D eigenvalue weighted by atomic mass is 10.2. The maximum atomic E-state index is 12.3. The van der Waals surface area contributed by atoms with Crippen LogP contribution in [0.1, 0.15) is 17.3 Å². The van der Waals surface area contributed by atoms with E-state index in [0.717, 1.165) is 29.5 Å². The summed E-state index contributed by atoms with van der Waals surface area (Å²) in [5, 5.41) is 6.40. The first kappa shape index (κ1) is 16.0. The molecule has 0 spiro atoms. The van der Waals surface area contributed by atoms with Gasteiger partial charge in [0.2, 0.25) is 0 Å². The number of carbonyl (C=O) groups is 1. The van der Waals surface area contributed by atoms with Crippen molar-refractivity contribution in [3.8, 4) is 10.6 Å². The fraction of sp³-hybridized carbons (Fsp3) is 0.353. The molecule has 4 heterocycles. The van der Waals surface area contributed by atoms with Gasteiger partial charge in [0.05, 0.1) is 36.6 Å². The first-order chi connectivity index (χ1) is 12.3. The fourth-order valence-corrected chi connectivity index (χ4v) is 3.58. The van der Waals surface area contributed by atoms with Crippen molar-refractivity contribution in [2.75, 3.05) is 37.8 Å². The summed E-state index contributed by atoms with van der Waals surface area (Å²) in [4.78, 5) is 20.2. The third kappa shape index (κ3) is 2.98. The van der Waals surface area contributed by atoms with E-state index in [2.05, 4.69) is 10.00 Å². The van der Waals surface area contributed by atoms with E-state index in [4.69, 9.17) is 14.5 Å². The van der Waals surface area contributed by atoms with Crippen LogP contribution < -0.4 is 4.90 Å². The average molecular weight is 358 g/mol. The molecular weight excluding hydrogens is 340 g/mol. The van der Waals surface area contributed by atoms with Crippen molar-refractivity contribution in [2.45, 2.75) is 6.92 Å². The molecule has 4 rings (SSSR count). The monoisotopic (exact) mass is 358 g/mol. The molecule has 3 aromatic rings. The summed E-state index contributed by atoms with van der Waals surface area (Å²) in [5.74, 6) is 0.423. The van der Waals surface area contributed by atoms with Gasteiger partial charge in [-0.05, 0) is 18.4 Å². The van der Waals surface area contributed by atoms with Gasteiger partial charge in [-0.2, -0.15) is 5.10 Å². The maximum absolute atomic E-state index is 12.3. The van der Waals surface area contributed by atoms with Gasteiger partial charge in [0.15, 0.2) is 5.65 Å². The number of aromatic nitrogens is 3. The Morgan fingerprint density at radius 3 is 2.96 bits per heavy atom. The van der Waals surface area contributed by atoms with E-state index in [0.29, 0.717) is 31.0 Å². The van der Waals surface area contributed by atoms with Gasteiger partial charge in [0.1, 0.15) is 11.4 Å². The molecular formula is C17H18N4O3S. The Hall–Kier alpha value is -2.45. The molecule has 1 saturated heterocycles. The Balaban J connectivity index is 1.88. The number of esters is 1. The first-order valence-electron chi connectivity index (χ1n) is 8.20. The van der Waals surface area contributed by atoms with E-state index < -0.39 is 5.97 Å². The van der Waals surface area contributed by atoms with Crippen molar-refractivity contribution in [3.05, 3.63) is 35.3 Å². The minimum Gasteiger partial charge on any atom is -0.462 e. The number of morpholine rings is 1. The largest absolute Gasteiger partial charge is 0.462 e. The molecule has 0 aromatic carbocycles. The number of anilines is 1. The average Bonchev–Trinajstić information content (AvgIpc) is 3.31. The van der Waals surface area contributed by atoms with Gasteiger partial charge in [-0.25, -0.2) is 14.3 Å². The lowest BCUT2D eigenvalue weighted by Crippen LogP contribution is -2.36. The summed E-state index contributed by atoms with van der Waals surface area (Å²) in [6.45, 7) is 4.99. The third-order valence-electron chi connectivity index (χ3n) is 4.06. The van der Waals surface area contributed by atoms with Crippen LogP contribution in [0.4, 0.5) is 5.82 Å². The summed E-state index contributed by atoms with van der Waals surface area (Å²) in [6, 6.07) is 6.05. The Morgan fingerprint density at radius 2 is 2.24 bits per heavy atom. The van der Waals surface area contributed by atoms with Crippen LogP contribution in [0.25, 0.3) is 16.2 Å². The van der Waals surface area contributed by atoms with Crippen LogP contribution in [-0.4, -0.2) is 53.5 Å². The topological polar surface area (TPSA) is 69.0 Å². The molecule has 1 aliphatic heterocycles. The standard InChI is InChI=1S/C17H18N4O3S/c1-2-24-17(22)12-11-18-21-13(14-4-3-9-25-14)10-15(19-16(12)21)20-5-7-23-8-6-20/h3-4,9-11H,2,5-8H2,1H3. The second-order valence-corrected chi connectivity index (χ2v) is 6.54. The number of nitrogens with zero attached hydrogens (tertiary/aromatic N) is 4. The lowest BCUT2D eigenvalue weighted by Gasteiger charge is -2.28. The zero-order valence-electron chi connectivity index (χ0n) is 13.8. The molecule has 3 aromatic heterocycles. The van der Waals surface area contributed by atoms with Crippen molar-refractivity contribution in [1.29, 1.82) is 0 Å². The molecule has 0 amide bonds. The van der Waals surface area contributed by atoms with E-state index >= 15 is 0 Å². The van der Waals surface area contributed by atoms with Gasteiger partial charge in [0, 0.05) is 19.2 Å². The molecule has 0 N–H and O–H groups in total. The Labute approximate surface area is 148 Å². The summed E-state index contributed by atoms with van der Waals surface area (Å²) >= 11 is 1.63. The van der Waals surface area contributed by atoms with Crippen LogP contribution in [-0.2, 0) is 9.47 Å². The summed E-state index contributed by atoms with van der Waals surface area (Å²) in [5.41, 5.74) is 1.82. The number of rotatable bonds is 4. The van der Waals surface area contributed by atoms with E-state index in [1.165, 1.54) is 6.20 Å². The molecule has 1 fully saturated rings. The third-order valence-corrected chi connectivity index (χ3v) is 4.95. The van der Waals surface area contributed by atoms with E-state index in [9.17, 15) is 4.79 Å². The van der Waals surface area contributed by atoms with Gasteiger partial charge in [-0.1, -0.05) is 6.07 Å². The predicted molar refractivity (Wildman–Crippen MR) is 95.3 cm³/mol. The molecule has 0 atom stereocenters. The van der Waals surface area contributed by atoms with Crippen LogP contribution in [0, 0.1) is 0 Å². The van der Waals surface area contributed by atoms with Crippen LogP contribution in [0.15, 0.2) is 29.8 Å². The van der Waals surface area contributed by atoms with Crippen LogP contribution in [0.2, 0.25) is 0 Å². The summed E-state index contributed by atoms with van der Waals surface area (Å²) in [6.07, 6.45) is 1.53. The van der Waals surface area contributed by atoms with E-state index in [-0.39, 0.29) is 0 Å². The van der Waals surface area contributed by atoms with Gasteiger partial charge in [0.25, 0.3) is 0 Å². The summed E-state index contributed by atoms with van der Waals surface area (Å²) < 4.78 is 12.3.